The van der Waals surface area contributed by atoms with Crippen molar-refractivity contribution in [2.24, 2.45) is 11.1 Å². The number of rotatable bonds is 12. The molecule has 1 unspecified atom stereocenters. The zero-order valence-corrected chi connectivity index (χ0v) is 19.0. The zero-order chi connectivity index (χ0) is 22.8. The molecule has 0 bridgehead atoms. The number of anilines is 1. The van der Waals surface area contributed by atoms with Crippen LogP contribution >= 0.6 is 0 Å². The topological polar surface area (TPSA) is 127 Å². The van der Waals surface area contributed by atoms with Gasteiger partial charge in [-0.2, -0.15) is 0 Å². The van der Waals surface area contributed by atoms with E-state index < -0.39 is 17.4 Å². The Kier molecular flexibility index (Phi) is 9.29. The average Bonchev–Trinajstić information content (AvgIpc) is 2.82. The van der Waals surface area contributed by atoms with E-state index in [1.165, 1.54) is 12.0 Å². The highest BCUT2D eigenvalue weighted by atomic mass is 16.5. The Morgan fingerprint density at radius 1 is 1.19 bits per heavy atom. The number of nitrogens with one attached hydrogen (secondary N) is 2. The molecular formula is C24H38N4O4. The molecule has 178 valence electrons. The van der Waals surface area contributed by atoms with Crippen LogP contribution in [0.3, 0.4) is 0 Å². The number of unbranched alkanes of at least 4 members (excludes halogenated alkanes) is 4. The minimum atomic E-state index is -0.982. The molecular weight excluding hydrogens is 408 g/mol. The van der Waals surface area contributed by atoms with Gasteiger partial charge in [0.25, 0.3) is 0 Å². The first-order chi connectivity index (χ1) is 15.5. The van der Waals surface area contributed by atoms with Crippen LogP contribution in [0.15, 0.2) is 12.1 Å². The molecule has 0 aliphatic carbocycles. The van der Waals surface area contributed by atoms with Crippen LogP contribution in [0.5, 0.6) is 0 Å². The van der Waals surface area contributed by atoms with Gasteiger partial charge in [0.2, 0.25) is 5.91 Å². The summed E-state index contributed by atoms with van der Waals surface area (Å²) >= 11 is 0. The molecule has 8 nitrogen and oxygen atoms in total. The van der Waals surface area contributed by atoms with Gasteiger partial charge in [-0.3, -0.25) is 4.79 Å². The first kappa shape index (κ1) is 24.5. The number of hydrogen-bond donors (Lipinski definition) is 4. The van der Waals surface area contributed by atoms with Gasteiger partial charge < -0.3 is 26.2 Å². The summed E-state index contributed by atoms with van der Waals surface area (Å²) in [5.41, 5.74) is 7.61. The second-order valence-electron chi connectivity index (χ2n) is 9.11. The molecule has 0 spiro atoms. The third kappa shape index (κ3) is 6.65. The fraction of sp³-hybridized carbons (Fsp3) is 0.708. The van der Waals surface area contributed by atoms with Crippen molar-refractivity contribution in [3.63, 3.8) is 0 Å². The molecule has 32 heavy (non-hydrogen) atoms. The van der Waals surface area contributed by atoms with Gasteiger partial charge in [-0.05, 0) is 56.6 Å². The fourth-order valence-electron chi connectivity index (χ4n) is 4.55. The molecule has 1 aromatic rings. The molecule has 3 rings (SSSR count). The molecule has 1 amide bonds. The van der Waals surface area contributed by atoms with Crippen LogP contribution in [-0.4, -0.2) is 54.3 Å². The van der Waals surface area contributed by atoms with E-state index in [1.54, 1.807) is 0 Å². The number of hydrogen-bond acceptors (Lipinski definition) is 6. The predicted molar refractivity (Wildman–Crippen MR) is 124 cm³/mol. The number of aliphatic carboxylic acids is 1. The van der Waals surface area contributed by atoms with Crippen molar-refractivity contribution in [1.82, 2.24) is 10.3 Å². The molecule has 1 atom stereocenters. The Bertz CT molecular complexity index is 764. The summed E-state index contributed by atoms with van der Waals surface area (Å²) in [6.07, 6.45) is 9.70. The maximum absolute atomic E-state index is 12.7. The van der Waals surface area contributed by atoms with E-state index in [4.69, 9.17) is 15.5 Å². The van der Waals surface area contributed by atoms with E-state index in [0.29, 0.717) is 32.5 Å². The molecule has 1 fully saturated rings. The van der Waals surface area contributed by atoms with Gasteiger partial charge in [0.1, 0.15) is 11.9 Å². The molecule has 8 heteroatoms. The lowest BCUT2D eigenvalue weighted by Gasteiger charge is -2.35. The minimum Gasteiger partial charge on any atom is -0.480 e. The van der Waals surface area contributed by atoms with Crippen LogP contribution in [0.2, 0.25) is 0 Å². The Balaban J connectivity index is 1.33. The lowest BCUT2D eigenvalue weighted by molar-refractivity contribution is -0.145. The molecule has 0 radical (unpaired) electrons. The molecule has 1 saturated heterocycles. The molecule has 0 saturated carbocycles. The number of carboxylic acids is 1. The van der Waals surface area contributed by atoms with Crippen LogP contribution in [0.1, 0.15) is 69.0 Å². The van der Waals surface area contributed by atoms with Crippen LogP contribution in [0.25, 0.3) is 0 Å². The van der Waals surface area contributed by atoms with Crippen LogP contribution in [0.4, 0.5) is 5.82 Å². The third-order valence-electron chi connectivity index (χ3n) is 6.80. The first-order valence-corrected chi connectivity index (χ1v) is 12.1. The number of aromatic nitrogens is 1. The summed E-state index contributed by atoms with van der Waals surface area (Å²) in [5.74, 6) is -0.180. The van der Waals surface area contributed by atoms with Gasteiger partial charge in [-0.25, -0.2) is 9.78 Å². The van der Waals surface area contributed by atoms with Crippen molar-refractivity contribution in [1.29, 1.82) is 0 Å². The van der Waals surface area contributed by atoms with Crippen molar-refractivity contribution >= 4 is 17.7 Å². The summed E-state index contributed by atoms with van der Waals surface area (Å²) in [5, 5.41) is 15.7. The molecule has 1 aromatic heterocycles. The van der Waals surface area contributed by atoms with E-state index in [1.807, 2.05) is 0 Å². The number of fused-ring (bicyclic) bond motifs is 1. The van der Waals surface area contributed by atoms with Gasteiger partial charge in [0.05, 0.1) is 5.41 Å². The fourth-order valence-corrected chi connectivity index (χ4v) is 4.55. The molecule has 5 N–H and O–H groups in total. The lowest BCUT2D eigenvalue weighted by Crippen LogP contribution is -2.53. The number of nitrogens with two attached hydrogens (primary N) is 1. The van der Waals surface area contributed by atoms with E-state index in [9.17, 15) is 14.7 Å². The van der Waals surface area contributed by atoms with E-state index in [-0.39, 0.29) is 12.5 Å². The van der Waals surface area contributed by atoms with Crippen molar-refractivity contribution in [3.8, 4) is 0 Å². The number of carboxylic acid groups (broad SMARTS) is 1. The minimum absolute atomic E-state index is 0.212. The average molecular weight is 447 g/mol. The quantitative estimate of drug-likeness (QED) is 0.364. The molecule has 2 aliphatic heterocycles. The first-order valence-electron chi connectivity index (χ1n) is 12.1. The number of pyridine rings is 1. The number of aryl methyl sites for hydroxylation is 2. The maximum atomic E-state index is 12.7. The summed E-state index contributed by atoms with van der Waals surface area (Å²) in [7, 11) is 0. The van der Waals surface area contributed by atoms with Crippen molar-refractivity contribution in [3.05, 3.63) is 23.4 Å². The van der Waals surface area contributed by atoms with Gasteiger partial charge in [-0.1, -0.05) is 31.7 Å². The number of carbonyl (C=O) groups is 2. The van der Waals surface area contributed by atoms with Crippen LogP contribution in [0, 0.1) is 5.41 Å². The number of nitrogens with zero attached hydrogens (tertiary/aromatic N) is 1. The smallest absolute Gasteiger partial charge is 0.326 e. The zero-order valence-electron chi connectivity index (χ0n) is 19.0. The third-order valence-corrected chi connectivity index (χ3v) is 6.80. The van der Waals surface area contributed by atoms with Gasteiger partial charge in [-0.15, -0.1) is 0 Å². The number of amides is 1. The summed E-state index contributed by atoms with van der Waals surface area (Å²) in [6.45, 7) is 2.19. The number of ether oxygens (including phenoxy) is 1. The van der Waals surface area contributed by atoms with Gasteiger partial charge in [0, 0.05) is 32.0 Å². The Labute approximate surface area is 190 Å². The van der Waals surface area contributed by atoms with Gasteiger partial charge >= 0.3 is 5.97 Å². The van der Waals surface area contributed by atoms with Crippen LogP contribution in [-0.2, 0) is 27.2 Å². The lowest BCUT2D eigenvalue weighted by atomic mass is 9.79. The monoisotopic (exact) mass is 446 g/mol. The molecule has 2 aliphatic rings. The summed E-state index contributed by atoms with van der Waals surface area (Å²) in [4.78, 5) is 29.1. The van der Waals surface area contributed by atoms with E-state index in [0.717, 1.165) is 63.0 Å². The van der Waals surface area contributed by atoms with E-state index in [2.05, 4.69) is 22.8 Å². The van der Waals surface area contributed by atoms with Crippen molar-refractivity contribution in [2.75, 3.05) is 31.6 Å². The second kappa shape index (κ2) is 12.2. The highest BCUT2D eigenvalue weighted by Gasteiger charge is 2.40. The SMILES string of the molecule is NCC1(C(=O)NC(CCCCCCCc2ccc3c(n2)NCCC3)C(=O)O)CCOCC1. The van der Waals surface area contributed by atoms with Crippen LogP contribution < -0.4 is 16.4 Å². The Morgan fingerprint density at radius 2 is 1.94 bits per heavy atom. The maximum Gasteiger partial charge on any atom is 0.326 e. The molecule has 0 aromatic carbocycles. The highest BCUT2D eigenvalue weighted by molar-refractivity contribution is 5.87. The number of carbonyl (C=O) groups excluding carboxylic acids is 1. The Hall–Kier alpha value is -2.19. The molecule has 3 heterocycles. The van der Waals surface area contributed by atoms with E-state index >= 15 is 0 Å². The van der Waals surface area contributed by atoms with Gasteiger partial charge in [0.15, 0.2) is 0 Å². The summed E-state index contributed by atoms with van der Waals surface area (Å²) < 4.78 is 5.33. The second-order valence-corrected chi connectivity index (χ2v) is 9.11. The highest BCUT2D eigenvalue weighted by Crippen LogP contribution is 2.30. The Morgan fingerprint density at radius 3 is 2.69 bits per heavy atom. The predicted octanol–water partition coefficient (Wildman–Crippen LogP) is 2.65. The standard InChI is InChI=1S/C24H38N4O4/c25-17-24(12-15-32-16-13-24)23(31)28-20(22(29)30)9-5-3-1-2-4-8-19-11-10-18-7-6-14-26-21(18)27-19/h10-11,20H,1-9,12-17,25H2,(H,26,27)(H,28,31)(H,29,30). The normalized spacial score (nSPS) is 18.3. The van der Waals surface area contributed by atoms with Crippen molar-refractivity contribution < 1.29 is 19.4 Å². The van der Waals surface area contributed by atoms with Crippen molar-refractivity contribution in [2.45, 2.75) is 76.7 Å². The largest absolute Gasteiger partial charge is 0.480 e. The summed E-state index contributed by atoms with van der Waals surface area (Å²) in [6, 6.07) is 3.47.